The number of methoxy groups -OCH3 is 1. The molecule has 1 saturated heterocycles. The molecule has 7 heteroatoms. The summed E-state index contributed by atoms with van der Waals surface area (Å²) >= 11 is 0. The number of rotatable bonds is 4. The van der Waals surface area contributed by atoms with Crippen molar-refractivity contribution in [2.24, 2.45) is 0 Å². The first-order valence-electron chi connectivity index (χ1n) is 8.13. The van der Waals surface area contributed by atoms with Crippen LogP contribution >= 0.6 is 0 Å². The molecule has 132 valence electrons. The fourth-order valence-electron chi connectivity index (χ4n) is 3.20. The summed E-state index contributed by atoms with van der Waals surface area (Å²) in [6, 6.07) is 7.29. The lowest BCUT2D eigenvalue weighted by Crippen LogP contribution is -2.50. The molecular formula is C18H21N3O4. The Bertz CT molecular complexity index is 829. The summed E-state index contributed by atoms with van der Waals surface area (Å²) in [5.41, 5.74) is 0.807. The van der Waals surface area contributed by atoms with Crippen LogP contribution in [-0.4, -0.2) is 50.9 Å². The van der Waals surface area contributed by atoms with Crippen molar-refractivity contribution in [2.45, 2.75) is 32.2 Å². The second-order valence-corrected chi connectivity index (χ2v) is 6.46. The number of carbonyl (C=O) groups is 2. The third-order valence-corrected chi connectivity index (χ3v) is 4.74. The number of benzene rings is 1. The van der Waals surface area contributed by atoms with E-state index in [0.717, 1.165) is 11.3 Å². The molecule has 0 saturated carbocycles. The molecule has 2 heterocycles. The van der Waals surface area contributed by atoms with Crippen molar-refractivity contribution < 1.29 is 19.4 Å². The molecule has 2 aromatic rings. The summed E-state index contributed by atoms with van der Waals surface area (Å²) in [5, 5.41) is 13.8. The maximum atomic E-state index is 12.8. The molecule has 1 atom stereocenters. The smallest absolute Gasteiger partial charge is 0.329 e. The number of aromatic nitrogens is 2. The Morgan fingerprint density at radius 1 is 1.32 bits per heavy atom. The third kappa shape index (κ3) is 2.86. The normalized spacial score (nSPS) is 19.9. The summed E-state index contributed by atoms with van der Waals surface area (Å²) in [7, 11) is 1.58. The largest absolute Gasteiger partial charge is 0.494 e. The van der Waals surface area contributed by atoms with E-state index >= 15 is 0 Å². The van der Waals surface area contributed by atoms with Gasteiger partial charge in [-0.15, -0.1) is 0 Å². The van der Waals surface area contributed by atoms with Gasteiger partial charge < -0.3 is 14.7 Å². The molecule has 1 aliphatic heterocycles. The van der Waals surface area contributed by atoms with Gasteiger partial charge in [-0.2, -0.15) is 5.10 Å². The monoisotopic (exact) mass is 343 g/mol. The molecule has 0 spiro atoms. The van der Waals surface area contributed by atoms with Crippen molar-refractivity contribution in [1.82, 2.24) is 14.7 Å². The van der Waals surface area contributed by atoms with Crippen LogP contribution in [0.4, 0.5) is 0 Å². The van der Waals surface area contributed by atoms with E-state index in [1.54, 1.807) is 31.0 Å². The van der Waals surface area contributed by atoms with Crippen LogP contribution in [0.1, 0.15) is 35.8 Å². The first kappa shape index (κ1) is 17.0. The van der Waals surface area contributed by atoms with E-state index in [0.29, 0.717) is 25.1 Å². The summed E-state index contributed by atoms with van der Waals surface area (Å²) in [4.78, 5) is 25.8. The molecule has 1 aromatic carbocycles. The highest BCUT2D eigenvalue weighted by Gasteiger charge is 2.46. The number of ether oxygens (including phenoxy) is 1. The summed E-state index contributed by atoms with van der Waals surface area (Å²) in [5.74, 6) is -0.713. The van der Waals surface area contributed by atoms with Crippen LogP contribution in [-0.2, 0) is 4.79 Å². The maximum Gasteiger partial charge on any atom is 0.329 e. The van der Waals surface area contributed by atoms with E-state index in [9.17, 15) is 14.7 Å². The molecule has 0 aliphatic carbocycles. The lowest BCUT2D eigenvalue weighted by molar-refractivity contribution is -0.147. The van der Waals surface area contributed by atoms with Crippen molar-refractivity contribution >= 4 is 11.9 Å². The Labute approximate surface area is 145 Å². The molecule has 1 aliphatic rings. The second kappa shape index (κ2) is 6.23. The van der Waals surface area contributed by atoms with Crippen molar-refractivity contribution in [3.05, 3.63) is 41.7 Å². The van der Waals surface area contributed by atoms with Gasteiger partial charge in [0.2, 0.25) is 0 Å². The average Bonchev–Trinajstić information content (AvgIpc) is 3.22. The zero-order valence-corrected chi connectivity index (χ0v) is 14.5. The number of aryl methyl sites for hydroxylation is 1. The van der Waals surface area contributed by atoms with E-state index < -0.39 is 11.5 Å². The minimum absolute atomic E-state index is 0.220. The fraction of sp³-hybridized carbons (Fsp3) is 0.389. The maximum absolute atomic E-state index is 12.8. The number of likely N-dealkylation sites (tertiary alicyclic amines) is 1. The second-order valence-electron chi connectivity index (χ2n) is 6.46. The molecule has 7 nitrogen and oxygen atoms in total. The Morgan fingerprint density at radius 3 is 2.76 bits per heavy atom. The standard InChI is InChI=1S/C18H21N3O4/c1-12-5-6-15(25-3)14(11-12)21-10-7-13(19-21)16(22)20-9-4-8-18(20,2)17(23)24/h5-7,10-11H,4,8-9H2,1-3H3,(H,23,24). The van der Waals surface area contributed by atoms with Gasteiger partial charge in [0.15, 0.2) is 5.69 Å². The predicted molar refractivity (Wildman–Crippen MR) is 91.2 cm³/mol. The van der Waals surface area contributed by atoms with E-state index in [4.69, 9.17) is 4.74 Å². The van der Waals surface area contributed by atoms with Crippen LogP contribution in [0.3, 0.4) is 0 Å². The molecule has 1 unspecified atom stereocenters. The van der Waals surface area contributed by atoms with Crippen molar-refractivity contribution in [2.75, 3.05) is 13.7 Å². The van der Waals surface area contributed by atoms with Gasteiger partial charge in [0.05, 0.1) is 7.11 Å². The predicted octanol–water partition coefficient (Wildman–Crippen LogP) is 2.27. The van der Waals surface area contributed by atoms with Crippen molar-refractivity contribution in [3.63, 3.8) is 0 Å². The summed E-state index contributed by atoms with van der Waals surface area (Å²) in [6.45, 7) is 3.96. The van der Waals surface area contributed by atoms with Gasteiger partial charge in [-0.1, -0.05) is 6.07 Å². The van der Waals surface area contributed by atoms with E-state index in [-0.39, 0.29) is 11.6 Å². The molecule has 0 bridgehead atoms. The van der Waals surface area contributed by atoms with Crippen molar-refractivity contribution in [3.8, 4) is 11.4 Å². The van der Waals surface area contributed by atoms with Crippen LogP contribution in [0.15, 0.2) is 30.5 Å². The van der Waals surface area contributed by atoms with Crippen LogP contribution < -0.4 is 4.74 Å². The minimum Gasteiger partial charge on any atom is -0.494 e. The molecule has 0 radical (unpaired) electrons. The number of carboxylic acids is 1. The SMILES string of the molecule is COc1ccc(C)cc1-n1ccc(C(=O)N2CCCC2(C)C(=O)O)n1. The number of carboxylic acid groups (broad SMARTS) is 1. The van der Waals surface area contributed by atoms with Crippen molar-refractivity contribution in [1.29, 1.82) is 0 Å². The molecule has 1 aromatic heterocycles. The Kier molecular flexibility index (Phi) is 4.24. The molecule has 3 rings (SSSR count). The molecule has 1 amide bonds. The van der Waals surface area contributed by atoms with Crippen LogP contribution in [0, 0.1) is 6.92 Å². The van der Waals surface area contributed by atoms with Gasteiger partial charge in [-0.25, -0.2) is 9.48 Å². The first-order valence-corrected chi connectivity index (χ1v) is 8.13. The van der Waals surface area contributed by atoms with E-state index in [1.807, 2.05) is 25.1 Å². The highest BCUT2D eigenvalue weighted by Crippen LogP contribution is 2.31. The van der Waals surface area contributed by atoms with Gasteiger partial charge in [0, 0.05) is 12.7 Å². The lowest BCUT2D eigenvalue weighted by atomic mass is 9.99. The Morgan fingerprint density at radius 2 is 2.08 bits per heavy atom. The topological polar surface area (TPSA) is 84.7 Å². The first-order chi connectivity index (χ1) is 11.9. The lowest BCUT2D eigenvalue weighted by Gasteiger charge is -2.30. The Hall–Kier alpha value is -2.83. The van der Waals surface area contributed by atoms with Crippen LogP contribution in [0.5, 0.6) is 5.75 Å². The molecule has 1 N–H and O–H groups in total. The molecule has 1 fully saturated rings. The van der Waals surface area contributed by atoms with Crippen LogP contribution in [0.25, 0.3) is 5.69 Å². The van der Waals surface area contributed by atoms with Gasteiger partial charge in [0.1, 0.15) is 17.0 Å². The summed E-state index contributed by atoms with van der Waals surface area (Å²) in [6.07, 6.45) is 2.79. The fourth-order valence-corrected chi connectivity index (χ4v) is 3.20. The van der Waals surface area contributed by atoms with Gasteiger partial charge in [0.25, 0.3) is 5.91 Å². The molecular weight excluding hydrogens is 322 g/mol. The average molecular weight is 343 g/mol. The minimum atomic E-state index is -1.18. The Balaban J connectivity index is 1.93. The quantitative estimate of drug-likeness (QED) is 0.920. The highest BCUT2D eigenvalue weighted by molar-refractivity contribution is 5.96. The number of hydrogen-bond donors (Lipinski definition) is 1. The number of hydrogen-bond acceptors (Lipinski definition) is 4. The van der Waals surface area contributed by atoms with Gasteiger partial charge in [-0.05, 0) is 50.5 Å². The number of carbonyl (C=O) groups excluding carboxylic acids is 1. The summed E-state index contributed by atoms with van der Waals surface area (Å²) < 4.78 is 6.93. The number of aliphatic carboxylic acids is 1. The van der Waals surface area contributed by atoms with E-state index in [2.05, 4.69) is 5.10 Å². The van der Waals surface area contributed by atoms with Crippen LogP contribution in [0.2, 0.25) is 0 Å². The number of amides is 1. The highest BCUT2D eigenvalue weighted by atomic mass is 16.5. The van der Waals surface area contributed by atoms with Gasteiger partial charge in [-0.3, -0.25) is 4.79 Å². The molecule has 25 heavy (non-hydrogen) atoms. The third-order valence-electron chi connectivity index (χ3n) is 4.74. The van der Waals surface area contributed by atoms with E-state index in [1.165, 1.54) is 4.90 Å². The zero-order chi connectivity index (χ0) is 18.2. The number of nitrogens with zero attached hydrogens (tertiary/aromatic N) is 3. The zero-order valence-electron chi connectivity index (χ0n) is 14.5. The van der Waals surface area contributed by atoms with Gasteiger partial charge >= 0.3 is 5.97 Å².